The van der Waals surface area contributed by atoms with Crippen molar-refractivity contribution in [1.29, 1.82) is 0 Å². The lowest BCUT2D eigenvalue weighted by Gasteiger charge is -2.40. The molecule has 0 unspecified atom stereocenters. The number of pyridine rings is 1. The summed E-state index contributed by atoms with van der Waals surface area (Å²) in [6, 6.07) is 12.4. The Bertz CT molecular complexity index is 1010. The van der Waals surface area contributed by atoms with Crippen molar-refractivity contribution in [3.8, 4) is 16.7 Å². The molecule has 3 aromatic rings. The number of fused-ring (bicyclic) bond motifs is 3. The molecule has 2 aliphatic rings. The quantitative estimate of drug-likeness (QED) is 0.606. The topological polar surface area (TPSA) is 79.8 Å². The largest absolute Gasteiger partial charge is 0.492 e. The van der Waals surface area contributed by atoms with Crippen LogP contribution in [0.25, 0.3) is 10.3 Å². The fraction of sp³-hybridized carbons (Fsp3) is 0.409. The van der Waals surface area contributed by atoms with Crippen molar-refractivity contribution in [3.05, 3.63) is 42.6 Å². The Hall–Kier alpha value is -2.75. The molecular formula is C22H25N5O3S. The highest BCUT2D eigenvalue weighted by Gasteiger charge is 2.39. The normalized spacial score (nSPS) is 21.3. The van der Waals surface area contributed by atoms with Crippen molar-refractivity contribution in [2.24, 2.45) is 0 Å². The molecule has 9 heteroatoms. The summed E-state index contributed by atoms with van der Waals surface area (Å²) >= 11 is 1.43. The maximum absolute atomic E-state index is 11.3. The van der Waals surface area contributed by atoms with E-state index in [1.807, 2.05) is 36.4 Å². The second-order valence-electron chi connectivity index (χ2n) is 7.93. The molecule has 2 fully saturated rings. The minimum atomic E-state index is 0.00316. The van der Waals surface area contributed by atoms with E-state index in [0.717, 1.165) is 41.5 Å². The molecule has 2 atom stereocenters. The van der Waals surface area contributed by atoms with E-state index in [2.05, 4.69) is 25.3 Å². The number of piperazine rings is 1. The van der Waals surface area contributed by atoms with Crippen LogP contribution in [0.5, 0.6) is 16.7 Å². The van der Waals surface area contributed by atoms with Gasteiger partial charge in [0.05, 0.1) is 0 Å². The van der Waals surface area contributed by atoms with Gasteiger partial charge in [-0.1, -0.05) is 11.3 Å². The Labute approximate surface area is 184 Å². The molecule has 4 heterocycles. The van der Waals surface area contributed by atoms with E-state index in [-0.39, 0.29) is 5.91 Å². The van der Waals surface area contributed by atoms with Crippen LogP contribution in [0.2, 0.25) is 0 Å². The number of aromatic nitrogens is 2. The van der Waals surface area contributed by atoms with Gasteiger partial charge in [0.1, 0.15) is 28.5 Å². The number of thiazole rings is 1. The van der Waals surface area contributed by atoms with Crippen LogP contribution in [0.1, 0.15) is 19.8 Å². The van der Waals surface area contributed by atoms with Crippen LogP contribution < -0.4 is 14.9 Å². The van der Waals surface area contributed by atoms with Crippen molar-refractivity contribution in [2.45, 2.75) is 31.8 Å². The molecule has 5 rings (SSSR count). The molecule has 1 amide bonds. The first-order valence-electron chi connectivity index (χ1n) is 10.5. The molecule has 31 heavy (non-hydrogen) atoms. The van der Waals surface area contributed by atoms with E-state index in [4.69, 9.17) is 9.47 Å². The third kappa shape index (κ3) is 4.63. The van der Waals surface area contributed by atoms with Crippen LogP contribution in [-0.2, 0) is 4.79 Å². The maximum atomic E-state index is 11.3. The van der Waals surface area contributed by atoms with E-state index in [0.29, 0.717) is 23.9 Å². The molecule has 0 saturated carbocycles. The highest BCUT2D eigenvalue weighted by molar-refractivity contribution is 7.19. The van der Waals surface area contributed by atoms with Crippen molar-refractivity contribution in [1.82, 2.24) is 25.3 Å². The van der Waals surface area contributed by atoms with Gasteiger partial charge in [0.15, 0.2) is 0 Å². The van der Waals surface area contributed by atoms with Crippen LogP contribution >= 0.6 is 11.3 Å². The Morgan fingerprint density at radius 1 is 1.16 bits per heavy atom. The molecular weight excluding hydrogens is 414 g/mol. The minimum absolute atomic E-state index is 0.00316. The van der Waals surface area contributed by atoms with Crippen LogP contribution in [0, 0.1) is 0 Å². The molecule has 2 aliphatic heterocycles. The van der Waals surface area contributed by atoms with Gasteiger partial charge in [0.2, 0.25) is 5.91 Å². The zero-order valence-corrected chi connectivity index (χ0v) is 18.2. The minimum Gasteiger partial charge on any atom is -0.492 e. The van der Waals surface area contributed by atoms with Gasteiger partial charge in [0.25, 0.3) is 5.19 Å². The highest BCUT2D eigenvalue weighted by atomic mass is 32.1. The maximum Gasteiger partial charge on any atom is 0.281 e. The average Bonchev–Trinajstić information content (AvgIpc) is 3.26. The fourth-order valence-corrected chi connectivity index (χ4v) is 5.22. The number of rotatable bonds is 7. The number of hydrogen-bond donors (Lipinski definition) is 1. The van der Waals surface area contributed by atoms with Crippen LogP contribution in [0.4, 0.5) is 0 Å². The second-order valence-corrected chi connectivity index (χ2v) is 8.87. The molecule has 2 aromatic heterocycles. The first-order chi connectivity index (χ1) is 15.1. The summed E-state index contributed by atoms with van der Waals surface area (Å²) in [6.07, 6.45) is 4.10. The SMILES string of the molecule is CC(=O)NN1C[C@H]2CC[C@@H](C1)N2CCOc1ccc(Oc2nc3cccnc3s2)cc1. The summed E-state index contributed by atoms with van der Waals surface area (Å²) in [5.74, 6) is 1.55. The van der Waals surface area contributed by atoms with Crippen LogP contribution in [-0.4, -0.2) is 64.1 Å². The molecule has 2 bridgehead atoms. The van der Waals surface area contributed by atoms with Gasteiger partial charge >= 0.3 is 0 Å². The number of amides is 1. The van der Waals surface area contributed by atoms with E-state index in [9.17, 15) is 4.79 Å². The number of ether oxygens (including phenoxy) is 2. The van der Waals surface area contributed by atoms with Crippen LogP contribution in [0.3, 0.4) is 0 Å². The average molecular weight is 440 g/mol. The van der Waals surface area contributed by atoms with E-state index >= 15 is 0 Å². The molecule has 8 nitrogen and oxygen atoms in total. The van der Waals surface area contributed by atoms with Gasteiger partial charge in [-0.15, -0.1) is 0 Å². The number of hydrogen-bond acceptors (Lipinski definition) is 8. The lowest BCUT2D eigenvalue weighted by Crippen LogP contribution is -2.59. The predicted molar refractivity (Wildman–Crippen MR) is 118 cm³/mol. The summed E-state index contributed by atoms with van der Waals surface area (Å²) < 4.78 is 11.8. The fourth-order valence-electron chi connectivity index (χ4n) is 4.44. The van der Waals surface area contributed by atoms with E-state index in [1.54, 1.807) is 13.1 Å². The van der Waals surface area contributed by atoms with Gasteiger partial charge in [-0.05, 0) is 49.2 Å². The Morgan fingerprint density at radius 3 is 2.61 bits per heavy atom. The molecule has 1 N–H and O–H groups in total. The van der Waals surface area contributed by atoms with Gasteiger partial charge in [-0.2, -0.15) is 0 Å². The van der Waals surface area contributed by atoms with Crippen molar-refractivity contribution < 1.29 is 14.3 Å². The van der Waals surface area contributed by atoms with Gasteiger partial charge in [0, 0.05) is 44.8 Å². The van der Waals surface area contributed by atoms with Gasteiger partial charge in [-0.25, -0.2) is 15.0 Å². The van der Waals surface area contributed by atoms with E-state index in [1.165, 1.54) is 24.2 Å². The summed E-state index contributed by atoms with van der Waals surface area (Å²) in [5.41, 5.74) is 3.77. The van der Waals surface area contributed by atoms with E-state index < -0.39 is 0 Å². The number of hydrazine groups is 1. The highest BCUT2D eigenvalue weighted by Crippen LogP contribution is 2.31. The third-order valence-corrected chi connectivity index (χ3v) is 6.60. The first-order valence-corrected chi connectivity index (χ1v) is 11.4. The first kappa shape index (κ1) is 20.2. The van der Waals surface area contributed by atoms with Crippen molar-refractivity contribution in [3.63, 3.8) is 0 Å². The molecule has 0 aliphatic carbocycles. The third-order valence-electron chi connectivity index (χ3n) is 5.74. The van der Waals surface area contributed by atoms with Gasteiger partial charge in [-0.3, -0.25) is 15.1 Å². The Morgan fingerprint density at radius 2 is 1.90 bits per heavy atom. The monoisotopic (exact) mass is 439 g/mol. The van der Waals surface area contributed by atoms with Crippen molar-refractivity contribution in [2.75, 3.05) is 26.2 Å². The standard InChI is InChI=1S/C22H25N5O3S/c1-15(28)25-26-13-16-4-5-17(14-26)27(16)11-12-29-18-6-8-19(9-7-18)30-22-24-20-3-2-10-23-21(20)31-22/h2-3,6-10,16-17H,4-5,11-14H2,1H3,(H,25,28)/t16-,17+. The van der Waals surface area contributed by atoms with Crippen molar-refractivity contribution >= 4 is 27.6 Å². The summed E-state index contributed by atoms with van der Waals surface area (Å²) in [7, 11) is 0. The number of nitrogens with one attached hydrogen (secondary N) is 1. The van der Waals surface area contributed by atoms with Gasteiger partial charge < -0.3 is 9.47 Å². The zero-order chi connectivity index (χ0) is 21.2. The molecule has 162 valence electrons. The number of carbonyl (C=O) groups excluding carboxylic acids is 1. The molecule has 0 radical (unpaired) electrons. The summed E-state index contributed by atoms with van der Waals surface area (Å²) in [4.78, 5) is 23.4. The lowest BCUT2D eigenvalue weighted by atomic mass is 10.2. The Balaban J connectivity index is 1.11. The number of nitrogens with zero attached hydrogens (tertiary/aromatic N) is 4. The zero-order valence-electron chi connectivity index (χ0n) is 17.4. The molecule has 0 spiro atoms. The lowest BCUT2D eigenvalue weighted by molar-refractivity contribution is -0.125. The smallest absolute Gasteiger partial charge is 0.281 e. The predicted octanol–water partition coefficient (Wildman–Crippen LogP) is 3.06. The summed E-state index contributed by atoms with van der Waals surface area (Å²) in [5, 5.41) is 2.64. The Kier molecular flexibility index (Phi) is 5.71. The number of carbonyl (C=O) groups is 1. The van der Waals surface area contributed by atoms with Crippen LogP contribution in [0.15, 0.2) is 42.6 Å². The second kappa shape index (κ2) is 8.78. The molecule has 1 aromatic carbocycles. The number of benzene rings is 1. The summed E-state index contributed by atoms with van der Waals surface area (Å²) in [6.45, 7) is 4.85. The molecule has 2 saturated heterocycles.